The first-order valence-corrected chi connectivity index (χ1v) is 8.86. The maximum Gasteiger partial charge on any atom is 0.220 e. The Hall–Kier alpha value is -0.610. The van der Waals surface area contributed by atoms with Crippen LogP contribution in [0.25, 0.3) is 0 Å². The fourth-order valence-electron chi connectivity index (χ4n) is 3.59. The molecule has 2 aliphatic heterocycles. The summed E-state index contributed by atoms with van der Waals surface area (Å²) in [5, 5.41) is 6.55. The minimum absolute atomic E-state index is 0.259. The summed E-state index contributed by atoms with van der Waals surface area (Å²) in [6.45, 7) is 10.0. The monoisotopic (exact) mass is 295 g/mol. The molecule has 0 saturated carbocycles. The van der Waals surface area contributed by atoms with E-state index in [0.717, 1.165) is 38.5 Å². The largest absolute Gasteiger partial charge is 0.356 e. The number of hydrogen-bond donors (Lipinski definition) is 2. The number of likely N-dealkylation sites (tertiary alicyclic amines) is 1. The lowest BCUT2D eigenvalue weighted by Gasteiger charge is -2.35. The fraction of sp³-hybridized carbons (Fsp3) is 0.941. The first kappa shape index (κ1) is 16.8. The van der Waals surface area contributed by atoms with Gasteiger partial charge in [0.15, 0.2) is 0 Å². The van der Waals surface area contributed by atoms with Crippen LogP contribution >= 0.6 is 0 Å². The van der Waals surface area contributed by atoms with Gasteiger partial charge in [-0.1, -0.05) is 0 Å². The van der Waals surface area contributed by atoms with Gasteiger partial charge < -0.3 is 15.5 Å². The minimum atomic E-state index is 0.259. The van der Waals surface area contributed by atoms with Gasteiger partial charge in [-0.15, -0.1) is 0 Å². The van der Waals surface area contributed by atoms with E-state index in [2.05, 4.69) is 29.4 Å². The second kappa shape index (κ2) is 8.74. The van der Waals surface area contributed by atoms with Gasteiger partial charge in [-0.05, 0) is 77.4 Å². The van der Waals surface area contributed by atoms with Crippen molar-refractivity contribution in [1.29, 1.82) is 0 Å². The van der Waals surface area contributed by atoms with Crippen LogP contribution in [0.5, 0.6) is 0 Å². The van der Waals surface area contributed by atoms with E-state index in [1.165, 1.54) is 32.2 Å². The molecule has 0 bridgehead atoms. The number of carbonyl (C=O) groups excluding carboxylic acids is 1. The molecule has 1 amide bonds. The Morgan fingerprint density at radius 1 is 1.24 bits per heavy atom. The number of amides is 1. The third kappa shape index (κ3) is 5.95. The summed E-state index contributed by atoms with van der Waals surface area (Å²) in [6.07, 6.45) is 6.78. The summed E-state index contributed by atoms with van der Waals surface area (Å²) < 4.78 is 0. The van der Waals surface area contributed by atoms with Gasteiger partial charge in [0.2, 0.25) is 5.91 Å². The molecule has 2 N–H and O–H groups in total. The lowest BCUT2D eigenvalue weighted by molar-refractivity contribution is -0.121. The van der Waals surface area contributed by atoms with Gasteiger partial charge >= 0.3 is 0 Å². The van der Waals surface area contributed by atoms with E-state index in [-0.39, 0.29) is 5.91 Å². The van der Waals surface area contributed by atoms with Crippen molar-refractivity contribution < 1.29 is 4.79 Å². The molecule has 2 heterocycles. The van der Waals surface area contributed by atoms with Gasteiger partial charge in [0.1, 0.15) is 0 Å². The smallest absolute Gasteiger partial charge is 0.220 e. The average molecular weight is 295 g/mol. The van der Waals surface area contributed by atoms with Crippen LogP contribution in [0, 0.1) is 11.8 Å². The molecule has 2 aliphatic rings. The quantitative estimate of drug-likeness (QED) is 0.788. The number of nitrogens with one attached hydrogen (secondary N) is 2. The summed E-state index contributed by atoms with van der Waals surface area (Å²) in [7, 11) is 0. The van der Waals surface area contributed by atoms with E-state index in [1.807, 2.05) is 0 Å². The van der Waals surface area contributed by atoms with Crippen molar-refractivity contribution in [3.63, 3.8) is 0 Å². The Balaban J connectivity index is 1.59. The van der Waals surface area contributed by atoms with E-state index in [0.29, 0.717) is 18.4 Å². The topological polar surface area (TPSA) is 44.4 Å². The third-order valence-corrected chi connectivity index (χ3v) is 5.11. The zero-order valence-corrected chi connectivity index (χ0v) is 13.9. The van der Waals surface area contributed by atoms with Crippen LogP contribution in [0.15, 0.2) is 0 Å². The zero-order valence-electron chi connectivity index (χ0n) is 13.9. The second-order valence-corrected chi connectivity index (χ2v) is 7.13. The van der Waals surface area contributed by atoms with Crippen molar-refractivity contribution in [3.8, 4) is 0 Å². The Kier molecular flexibility index (Phi) is 6.97. The van der Waals surface area contributed by atoms with Crippen LogP contribution in [-0.4, -0.2) is 49.6 Å². The molecule has 0 radical (unpaired) electrons. The van der Waals surface area contributed by atoms with Crippen LogP contribution in [0.1, 0.15) is 52.4 Å². The second-order valence-electron chi connectivity index (χ2n) is 7.13. The molecule has 4 nitrogen and oxygen atoms in total. The summed E-state index contributed by atoms with van der Waals surface area (Å²) in [4.78, 5) is 14.5. The number of hydrogen-bond acceptors (Lipinski definition) is 3. The number of piperidine rings is 2. The molecule has 0 aliphatic carbocycles. The number of carbonyl (C=O) groups is 1. The highest BCUT2D eigenvalue weighted by molar-refractivity contribution is 5.75. The number of rotatable bonds is 6. The van der Waals surface area contributed by atoms with Gasteiger partial charge in [-0.25, -0.2) is 0 Å². The molecule has 21 heavy (non-hydrogen) atoms. The molecule has 0 aromatic heterocycles. The summed E-state index contributed by atoms with van der Waals surface area (Å²) in [6, 6.07) is 0.628. The lowest BCUT2D eigenvalue weighted by atomic mass is 9.93. The molecular weight excluding hydrogens is 262 g/mol. The van der Waals surface area contributed by atoms with Crippen molar-refractivity contribution in [3.05, 3.63) is 0 Å². The molecule has 1 unspecified atom stereocenters. The first-order valence-electron chi connectivity index (χ1n) is 8.86. The Bertz CT molecular complexity index is 313. The summed E-state index contributed by atoms with van der Waals surface area (Å²) in [5.74, 6) is 1.65. The maximum atomic E-state index is 12.0. The van der Waals surface area contributed by atoms with Crippen molar-refractivity contribution in [2.45, 2.75) is 58.4 Å². The Labute approximate surface area is 130 Å². The maximum absolute atomic E-state index is 12.0. The van der Waals surface area contributed by atoms with Gasteiger partial charge in [-0.2, -0.15) is 0 Å². The molecule has 1 atom stereocenters. The predicted molar refractivity (Wildman–Crippen MR) is 87.3 cm³/mol. The number of nitrogens with zero attached hydrogens (tertiary/aromatic N) is 1. The Morgan fingerprint density at radius 2 is 2.00 bits per heavy atom. The molecular formula is C17H33N3O. The normalized spacial score (nSPS) is 25.2. The van der Waals surface area contributed by atoms with Crippen LogP contribution in [0.4, 0.5) is 0 Å². The van der Waals surface area contributed by atoms with E-state index in [9.17, 15) is 4.79 Å². The average Bonchev–Trinajstić information content (AvgIpc) is 2.52. The highest BCUT2D eigenvalue weighted by atomic mass is 16.1. The standard InChI is InChI=1S/C17H33N3O/c1-14(2)20-11-3-4-16(13-20)12-19-17(21)6-5-15-7-9-18-10-8-15/h14-16,18H,3-13H2,1-2H3,(H,19,21). The van der Waals surface area contributed by atoms with Crippen LogP contribution < -0.4 is 10.6 Å². The van der Waals surface area contributed by atoms with Gasteiger partial charge in [0, 0.05) is 25.6 Å². The lowest BCUT2D eigenvalue weighted by Crippen LogP contribution is -2.43. The van der Waals surface area contributed by atoms with E-state index >= 15 is 0 Å². The van der Waals surface area contributed by atoms with Crippen LogP contribution in [0.3, 0.4) is 0 Å². The van der Waals surface area contributed by atoms with Crippen molar-refractivity contribution in [2.24, 2.45) is 11.8 Å². The molecule has 0 aromatic rings. The Morgan fingerprint density at radius 3 is 2.71 bits per heavy atom. The first-order chi connectivity index (χ1) is 10.1. The van der Waals surface area contributed by atoms with Crippen molar-refractivity contribution >= 4 is 5.91 Å². The molecule has 2 saturated heterocycles. The van der Waals surface area contributed by atoms with E-state index in [4.69, 9.17) is 0 Å². The SMILES string of the molecule is CC(C)N1CCCC(CNC(=O)CCC2CCNCC2)C1. The highest BCUT2D eigenvalue weighted by Gasteiger charge is 2.22. The summed E-state index contributed by atoms with van der Waals surface area (Å²) in [5.41, 5.74) is 0. The zero-order chi connectivity index (χ0) is 15.1. The van der Waals surface area contributed by atoms with Gasteiger partial charge in [0.05, 0.1) is 0 Å². The van der Waals surface area contributed by atoms with Crippen LogP contribution in [-0.2, 0) is 4.79 Å². The van der Waals surface area contributed by atoms with Crippen molar-refractivity contribution in [1.82, 2.24) is 15.5 Å². The van der Waals surface area contributed by atoms with Crippen molar-refractivity contribution in [2.75, 3.05) is 32.7 Å². The molecule has 0 spiro atoms. The summed E-state index contributed by atoms with van der Waals surface area (Å²) >= 11 is 0. The van der Waals surface area contributed by atoms with E-state index in [1.54, 1.807) is 0 Å². The predicted octanol–water partition coefficient (Wildman–Crippen LogP) is 2.00. The highest BCUT2D eigenvalue weighted by Crippen LogP contribution is 2.19. The fourth-order valence-corrected chi connectivity index (χ4v) is 3.59. The third-order valence-electron chi connectivity index (χ3n) is 5.11. The molecule has 4 heteroatoms. The van der Waals surface area contributed by atoms with E-state index < -0.39 is 0 Å². The van der Waals surface area contributed by atoms with Crippen LogP contribution in [0.2, 0.25) is 0 Å². The van der Waals surface area contributed by atoms with Gasteiger partial charge in [0.25, 0.3) is 0 Å². The molecule has 2 rings (SSSR count). The van der Waals surface area contributed by atoms with Gasteiger partial charge in [-0.3, -0.25) is 4.79 Å². The molecule has 122 valence electrons. The molecule has 0 aromatic carbocycles. The minimum Gasteiger partial charge on any atom is -0.356 e. The molecule has 2 fully saturated rings.